The molecule has 0 aliphatic rings. The minimum absolute atomic E-state index is 0.183. The highest BCUT2D eigenvalue weighted by atomic mass is 79.9. The van der Waals surface area contributed by atoms with Gasteiger partial charge in [0.05, 0.1) is 4.47 Å². The van der Waals surface area contributed by atoms with E-state index in [0.29, 0.717) is 6.92 Å². The first-order valence-corrected chi connectivity index (χ1v) is 5.38. The van der Waals surface area contributed by atoms with E-state index < -0.39 is 35.4 Å². The third-order valence-electron chi connectivity index (χ3n) is 2.04. The summed E-state index contributed by atoms with van der Waals surface area (Å²) in [6, 6.07) is 2.03. The number of alkyl halides is 3. The minimum atomic E-state index is -4.72. The van der Waals surface area contributed by atoms with Crippen molar-refractivity contribution in [1.82, 2.24) is 0 Å². The van der Waals surface area contributed by atoms with Crippen molar-refractivity contribution in [3.8, 4) is 5.75 Å². The van der Waals surface area contributed by atoms with E-state index in [9.17, 15) is 22.4 Å². The molecule has 0 saturated heterocycles. The van der Waals surface area contributed by atoms with Crippen molar-refractivity contribution in [3.63, 3.8) is 0 Å². The van der Waals surface area contributed by atoms with Crippen LogP contribution in [0.1, 0.15) is 17.3 Å². The zero-order chi connectivity index (χ0) is 14.1. The van der Waals surface area contributed by atoms with Gasteiger partial charge >= 0.3 is 12.1 Å². The molecular formula is C10H7BrF4O3. The molecule has 0 aromatic heterocycles. The highest BCUT2D eigenvalue weighted by Crippen LogP contribution is 2.33. The maximum absolute atomic E-state index is 13.6. The number of hydrogen-bond acceptors (Lipinski definition) is 2. The van der Waals surface area contributed by atoms with Gasteiger partial charge in [0.25, 0.3) is 0 Å². The van der Waals surface area contributed by atoms with Crippen molar-refractivity contribution < 1.29 is 32.2 Å². The van der Waals surface area contributed by atoms with Crippen LogP contribution in [0.15, 0.2) is 16.6 Å². The van der Waals surface area contributed by atoms with Crippen LogP contribution in [0.2, 0.25) is 0 Å². The fourth-order valence-corrected chi connectivity index (χ4v) is 1.37. The lowest BCUT2D eigenvalue weighted by atomic mass is 10.2. The first-order valence-electron chi connectivity index (χ1n) is 4.59. The van der Waals surface area contributed by atoms with Crippen LogP contribution in [0.5, 0.6) is 5.75 Å². The average Bonchev–Trinajstić information content (AvgIpc) is 2.23. The molecular weight excluding hydrogens is 324 g/mol. The Labute approximate surface area is 107 Å². The van der Waals surface area contributed by atoms with Gasteiger partial charge in [-0.15, -0.1) is 0 Å². The van der Waals surface area contributed by atoms with Crippen LogP contribution < -0.4 is 4.74 Å². The van der Waals surface area contributed by atoms with Crippen molar-refractivity contribution >= 4 is 21.9 Å². The van der Waals surface area contributed by atoms with Crippen LogP contribution in [0.25, 0.3) is 0 Å². The molecule has 0 heterocycles. The largest absolute Gasteiger partial charge is 0.478 e. The highest BCUT2D eigenvalue weighted by Gasteiger charge is 2.39. The molecule has 1 N–H and O–H groups in total. The molecule has 3 nitrogen and oxygen atoms in total. The monoisotopic (exact) mass is 330 g/mol. The molecule has 0 amide bonds. The van der Waals surface area contributed by atoms with Crippen LogP contribution >= 0.6 is 15.9 Å². The number of carboxylic acid groups (broad SMARTS) is 1. The molecule has 1 aromatic carbocycles. The molecule has 1 atom stereocenters. The molecule has 0 fully saturated rings. The van der Waals surface area contributed by atoms with E-state index in [1.54, 1.807) is 0 Å². The van der Waals surface area contributed by atoms with E-state index in [1.165, 1.54) is 0 Å². The summed E-state index contributed by atoms with van der Waals surface area (Å²) in [6.07, 6.45) is -7.04. The summed E-state index contributed by atoms with van der Waals surface area (Å²) in [7, 11) is 0. The molecule has 1 rings (SSSR count). The number of rotatable bonds is 3. The van der Waals surface area contributed by atoms with E-state index in [0.717, 1.165) is 12.1 Å². The van der Waals surface area contributed by atoms with Gasteiger partial charge in [-0.25, -0.2) is 9.18 Å². The van der Waals surface area contributed by atoms with Gasteiger partial charge < -0.3 is 9.84 Å². The number of halogens is 5. The van der Waals surface area contributed by atoms with E-state index >= 15 is 0 Å². The molecule has 1 unspecified atom stereocenters. The minimum Gasteiger partial charge on any atom is -0.478 e. The summed E-state index contributed by atoms with van der Waals surface area (Å²) in [6.45, 7) is 0.659. The third-order valence-corrected chi connectivity index (χ3v) is 2.65. The molecule has 18 heavy (non-hydrogen) atoms. The van der Waals surface area contributed by atoms with Crippen molar-refractivity contribution in [2.45, 2.75) is 19.2 Å². The Morgan fingerprint density at radius 2 is 2.00 bits per heavy atom. The Morgan fingerprint density at radius 1 is 1.44 bits per heavy atom. The van der Waals surface area contributed by atoms with Gasteiger partial charge in [-0.2, -0.15) is 13.2 Å². The van der Waals surface area contributed by atoms with Gasteiger partial charge in [0.2, 0.25) is 0 Å². The lowest BCUT2D eigenvalue weighted by Crippen LogP contribution is -2.32. The second-order valence-corrected chi connectivity index (χ2v) is 4.20. The van der Waals surface area contributed by atoms with Crippen LogP contribution in [0.4, 0.5) is 17.6 Å². The average molecular weight is 331 g/mol. The molecule has 0 spiro atoms. The SMILES string of the molecule is CC(Oc1c(C(=O)O)ccc(Br)c1F)C(F)(F)F. The quantitative estimate of drug-likeness (QED) is 0.861. The second kappa shape index (κ2) is 5.13. The number of hydrogen-bond donors (Lipinski definition) is 1. The number of ether oxygens (including phenoxy) is 1. The van der Waals surface area contributed by atoms with Crippen LogP contribution in [-0.2, 0) is 0 Å². The molecule has 8 heteroatoms. The maximum atomic E-state index is 13.6. The second-order valence-electron chi connectivity index (χ2n) is 3.34. The van der Waals surface area contributed by atoms with Crippen LogP contribution in [-0.4, -0.2) is 23.4 Å². The van der Waals surface area contributed by atoms with Crippen LogP contribution in [0.3, 0.4) is 0 Å². The van der Waals surface area contributed by atoms with Crippen molar-refractivity contribution in [1.29, 1.82) is 0 Å². The van der Waals surface area contributed by atoms with Gasteiger partial charge in [-0.05, 0) is 35.0 Å². The molecule has 0 saturated carbocycles. The fourth-order valence-electron chi connectivity index (χ4n) is 1.06. The normalized spacial score (nSPS) is 13.2. The van der Waals surface area contributed by atoms with Gasteiger partial charge in [-0.1, -0.05) is 0 Å². The maximum Gasteiger partial charge on any atom is 0.425 e. The first kappa shape index (κ1) is 14.7. The highest BCUT2D eigenvalue weighted by molar-refractivity contribution is 9.10. The summed E-state index contributed by atoms with van der Waals surface area (Å²) in [4.78, 5) is 10.8. The summed E-state index contributed by atoms with van der Waals surface area (Å²) in [5.41, 5.74) is -0.674. The van der Waals surface area contributed by atoms with E-state index in [2.05, 4.69) is 20.7 Å². The molecule has 0 aliphatic carbocycles. The van der Waals surface area contributed by atoms with Gasteiger partial charge in [-0.3, -0.25) is 0 Å². The van der Waals surface area contributed by atoms with E-state index in [1.807, 2.05) is 0 Å². The van der Waals surface area contributed by atoms with Gasteiger partial charge in [0.15, 0.2) is 17.7 Å². The number of aromatic carboxylic acids is 1. The van der Waals surface area contributed by atoms with E-state index in [-0.39, 0.29) is 4.47 Å². The fraction of sp³-hybridized carbons (Fsp3) is 0.300. The Bertz CT molecular complexity index is 473. The van der Waals surface area contributed by atoms with Crippen molar-refractivity contribution in [2.75, 3.05) is 0 Å². The Kier molecular flexibility index (Phi) is 4.20. The lowest BCUT2D eigenvalue weighted by Gasteiger charge is -2.19. The Morgan fingerprint density at radius 3 is 2.44 bits per heavy atom. The standard InChI is InChI=1S/C10H7BrF4O3/c1-4(10(13,14)15)18-8-5(9(16)17)2-3-6(11)7(8)12/h2-4H,1H3,(H,16,17). The molecule has 0 aliphatic heterocycles. The predicted octanol–water partition coefficient (Wildman–Crippen LogP) is 3.62. The zero-order valence-corrected chi connectivity index (χ0v) is 10.5. The van der Waals surface area contributed by atoms with Crippen molar-refractivity contribution in [3.05, 3.63) is 28.0 Å². The number of benzene rings is 1. The number of carbonyl (C=O) groups is 1. The molecule has 100 valence electrons. The summed E-state index contributed by atoms with van der Waals surface area (Å²) >= 11 is 2.74. The number of carboxylic acids is 1. The zero-order valence-electron chi connectivity index (χ0n) is 8.89. The smallest absolute Gasteiger partial charge is 0.425 e. The summed E-state index contributed by atoms with van der Waals surface area (Å²) in [5.74, 6) is -3.71. The topological polar surface area (TPSA) is 46.5 Å². The predicted molar refractivity (Wildman–Crippen MR) is 57.2 cm³/mol. The summed E-state index contributed by atoms with van der Waals surface area (Å²) in [5, 5.41) is 8.75. The molecule has 0 bridgehead atoms. The summed E-state index contributed by atoms with van der Waals surface area (Å²) < 4.78 is 54.6. The lowest BCUT2D eigenvalue weighted by molar-refractivity contribution is -0.189. The van der Waals surface area contributed by atoms with Gasteiger partial charge in [0, 0.05) is 0 Å². The van der Waals surface area contributed by atoms with Crippen LogP contribution in [0, 0.1) is 5.82 Å². The van der Waals surface area contributed by atoms with Crippen molar-refractivity contribution in [2.24, 2.45) is 0 Å². The third kappa shape index (κ3) is 3.12. The Hall–Kier alpha value is -1.31. The van der Waals surface area contributed by atoms with E-state index in [4.69, 9.17) is 5.11 Å². The van der Waals surface area contributed by atoms with Gasteiger partial charge in [0.1, 0.15) is 5.56 Å². The Balaban J connectivity index is 3.22. The molecule has 0 radical (unpaired) electrons. The first-order chi connectivity index (χ1) is 8.14. The molecule has 1 aromatic rings.